The van der Waals surface area contributed by atoms with E-state index in [4.69, 9.17) is 25.8 Å². The molecule has 0 radical (unpaired) electrons. The van der Waals surface area contributed by atoms with Crippen LogP contribution in [0.15, 0.2) is 285 Å². The molecule has 3 aliphatic heterocycles. The van der Waals surface area contributed by atoms with Gasteiger partial charge in [-0.15, -0.1) is 34.0 Å². The summed E-state index contributed by atoms with van der Waals surface area (Å²) in [6.45, 7) is 13.2. The molecule has 0 unspecified atom stereocenters. The number of benzene rings is 8. The number of pyridine rings is 3. The number of piperazine rings is 3. The highest BCUT2D eigenvalue weighted by Gasteiger charge is 2.33. The number of alkyl halides is 4. The number of hydrogen-bond donors (Lipinski definition) is 3. The van der Waals surface area contributed by atoms with Crippen LogP contribution < -0.4 is 50.6 Å². The monoisotopic (exact) mass is 2130 g/mol. The van der Waals surface area contributed by atoms with Crippen LogP contribution in [-0.4, -0.2) is 163 Å². The van der Waals surface area contributed by atoms with E-state index in [-0.39, 0.29) is 90.4 Å². The third-order valence-electron chi connectivity index (χ3n) is 19.9. The van der Waals surface area contributed by atoms with Crippen molar-refractivity contribution in [2.45, 2.75) is 48.6 Å². The Bertz CT molecular complexity index is 5920. The number of halogens is 10. The second kappa shape index (κ2) is 57.9. The van der Waals surface area contributed by atoms with Crippen LogP contribution in [0, 0.1) is 5.82 Å². The van der Waals surface area contributed by atoms with Crippen LogP contribution >= 0.6 is 109 Å². The number of fused-ring (bicyclic) bond motifs is 3. The Hall–Kier alpha value is -11.3. The van der Waals surface area contributed by atoms with E-state index in [0.29, 0.717) is 95.4 Å². The van der Waals surface area contributed by atoms with Gasteiger partial charge in [-0.05, 0) is 113 Å². The van der Waals surface area contributed by atoms with Crippen molar-refractivity contribution in [3.63, 3.8) is 0 Å². The zero-order valence-electron chi connectivity index (χ0n) is 72.2. The van der Waals surface area contributed by atoms with Crippen molar-refractivity contribution in [3.8, 4) is 0 Å². The second-order valence-corrected chi connectivity index (χ2v) is 33.8. The van der Waals surface area contributed by atoms with Crippen molar-refractivity contribution >= 4 is 189 Å². The molecule has 3 N–H and O–H groups in total. The summed E-state index contributed by atoms with van der Waals surface area (Å²) in [4.78, 5) is 130. The van der Waals surface area contributed by atoms with Gasteiger partial charge >= 0.3 is 17.9 Å². The number of esters is 3. The lowest BCUT2D eigenvalue weighted by molar-refractivity contribution is -0.00100. The van der Waals surface area contributed by atoms with Gasteiger partial charge in [-0.25, -0.2) is 18.8 Å². The number of carbonyl (C=O) groups excluding carboxylic acids is 6. The van der Waals surface area contributed by atoms with Gasteiger partial charge in [0.25, 0.3) is 34.4 Å². The van der Waals surface area contributed by atoms with Gasteiger partial charge in [0, 0.05) is 122 Å². The van der Waals surface area contributed by atoms with Crippen molar-refractivity contribution < 1.29 is 66.2 Å². The molecule has 8 aromatic carbocycles. The topological polar surface area (TPSA) is 246 Å². The van der Waals surface area contributed by atoms with Crippen LogP contribution in [0.4, 0.5) is 15.8 Å². The number of anilines is 2. The first-order valence-corrected chi connectivity index (χ1v) is 48.8. The van der Waals surface area contributed by atoms with Gasteiger partial charge in [0.1, 0.15) is 22.5 Å². The number of hydrogen-bond acceptors (Lipinski definition) is 18. The van der Waals surface area contributed by atoms with Gasteiger partial charge in [-0.2, -0.15) is 0 Å². The molecule has 6 aromatic heterocycles. The standard InChI is InChI=1S/C28H26FN3O4S.C21H21N3O4S.C12H10ClNO3.C9H12N2OS.4C7H7Br.4FH/c1-2-36-28(35)24-25(30-13-15-31(16-14-30)26(33)23-8-5-17-37-23)21-6-3-4-7-22(21)32(27(24)34)18-19-9-11-20(29)12-10-19;1-2-28-21(27)17-18(14-6-3-4-7-15(14)22-19(17)25)23-9-11-24(12-10-23)20(26)16-8-5-13-29-16;1-2-17-12(16)9-10(13)7-5-3-4-6-8(7)14-11(9)15;12-9(8-2-1-7-13-8)11-5-3-10-4-6-11;4*8-6-7-4-2-1-3-5-7;;;;/h3-12,17H,2,13-16,18H2,1H3;3-8,13H,2,9-12H2,1H3,(H,22,25);3-6H,2H2,1H3,(H,14,15);1-2,7,10H,3-6H2;4*1-5H,6H2;4*1H/p-4. The zero-order chi connectivity index (χ0) is 91.1. The highest BCUT2D eigenvalue weighted by atomic mass is 79.9. The van der Waals surface area contributed by atoms with Crippen LogP contribution in [-0.2, 0) is 42.1 Å². The molecule has 0 aliphatic carbocycles. The Kier molecular flexibility index (Phi) is 48.0. The minimum Gasteiger partial charge on any atom is -1.00 e. The second-order valence-electron chi connectivity index (χ2n) is 28.3. The predicted octanol–water partition coefficient (Wildman–Crippen LogP) is 8.61. The van der Waals surface area contributed by atoms with E-state index in [1.807, 2.05) is 193 Å². The summed E-state index contributed by atoms with van der Waals surface area (Å²) in [6.07, 6.45) is 0. The Morgan fingerprint density at radius 2 is 0.697 bits per heavy atom. The molecule has 14 aromatic rings. The maximum absolute atomic E-state index is 13.9. The fourth-order valence-electron chi connectivity index (χ4n) is 13.6. The van der Waals surface area contributed by atoms with Gasteiger partial charge in [0.2, 0.25) is 0 Å². The third kappa shape index (κ3) is 31.2. The molecular weight excluding hydrogens is 2040 g/mol. The molecule has 21 nitrogen and oxygen atoms in total. The SMILES string of the molecule is BrCc1ccccc1.BrCc1ccccc1.BrCc1ccccc1.BrCc1ccccc1.CCOC(=O)c1c(Cl)c2ccccc2[nH]c1=O.CCOC(=O)c1c(N2CCN(C(=O)c3cccs3)CC2)c2ccccc2[nH]c1=O.CCOC(=O)c1c(N2CCN(C(=O)c3cccs3)CC2)c2ccccc2n(Cc2ccc(F)cc2)c1=O.O=C(c1cccs1)N1CCNCC1.[F-].[F-].[F-].[F-]. The summed E-state index contributed by atoms with van der Waals surface area (Å²) in [5, 5.41) is 15.0. The molecule has 9 heterocycles. The van der Waals surface area contributed by atoms with Gasteiger partial charge < -0.3 is 77.4 Å². The van der Waals surface area contributed by atoms with E-state index >= 15 is 0 Å². The zero-order valence-corrected chi connectivity index (χ0v) is 81.8. The number of ether oxygens (including phenoxy) is 3. The molecule has 3 amide bonds. The minimum absolute atomic E-state index is 0. The van der Waals surface area contributed by atoms with Crippen LogP contribution in [0.2, 0.25) is 5.02 Å². The number of aromatic amines is 2. The number of thiophene rings is 3. The van der Waals surface area contributed by atoms with Crippen molar-refractivity contribution in [2.75, 3.05) is 108 Å². The normalized spacial score (nSPS) is 12.2. The molecule has 17 rings (SSSR count). The van der Waals surface area contributed by atoms with Gasteiger partial charge in [-0.1, -0.05) is 282 Å². The summed E-state index contributed by atoms with van der Waals surface area (Å²) in [5.74, 6) is -2.20. The molecule has 34 heteroatoms. The fraction of sp³-hybridized carbons (Fsp3) is 0.235. The Morgan fingerprint density at radius 3 is 1.07 bits per heavy atom. The van der Waals surface area contributed by atoms with Crippen molar-refractivity contribution in [1.82, 2.24) is 34.6 Å². The Labute approximate surface area is 811 Å². The van der Waals surface area contributed by atoms with E-state index < -0.39 is 34.6 Å². The average molecular weight is 2140 g/mol. The van der Waals surface area contributed by atoms with Crippen LogP contribution in [0.5, 0.6) is 0 Å². The first-order chi connectivity index (χ1) is 62.3. The van der Waals surface area contributed by atoms with E-state index in [0.717, 1.165) is 68.7 Å². The lowest BCUT2D eigenvalue weighted by Gasteiger charge is -2.37. The van der Waals surface area contributed by atoms with Crippen molar-refractivity contribution in [2.24, 2.45) is 0 Å². The molecule has 0 spiro atoms. The smallest absolute Gasteiger partial charge is 0.345 e. The Morgan fingerprint density at radius 1 is 0.371 bits per heavy atom. The maximum atomic E-state index is 13.9. The van der Waals surface area contributed by atoms with E-state index in [9.17, 15) is 47.5 Å². The number of nitrogens with zero attached hydrogens (tertiary/aromatic N) is 6. The summed E-state index contributed by atoms with van der Waals surface area (Å²) >= 11 is 23.8. The predicted molar refractivity (Wildman–Crippen MR) is 530 cm³/mol. The van der Waals surface area contributed by atoms with Crippen molar-refractivity contribution in [3.05, 3.63) is 372 Å². The molecule has 3 fully saturated rings. The highest BCUT2D eigenvalue weighted by Crippen LogP contribution is 2.34. The maximum Gasteiger partial charge on any atom is 0.345 e. The molecule has 0 saturated carbocycles. The third-order valence-corrected chi connectivity index (χ3v) is 25.5. The van der Waals surface area contributed by atoms with Gasteiger partial charge in [-0.3, -0.25) is 28.8 Å². The number of carbonyl (C=O) groups is 6. The molecule has 0 bridgehead atoms. The highest BCUT2D eigenvalue weighted by molar-refractivity contribution is 9.09. The lowest BCUT2D eigenvalue weighted by Crippen LogP contribution is -3.00. The van der Waals surface area contributed by atoms with Crippen molar-refractivity contribution in [1.29, 1.82) is 0 Å². The Balaban J connectivity index is 0.000000249. The fourth-order valence-corrected chi connectivity index (χ4v) is 17.5. The van der Waals surface area contributed by atoms with Crippen LogP contribution in [0.1, 0.15) is 109 Å². The van der Waals surface area contributed by atoms with Gasteiger partial charge in [0.05, 0.1) is 68.4 Å². The van der Waals surface area contributed by atoms with Gasteiger partial charge in [0.15, 0.2) is 0 Å². The van der Waals surface area contributed by atoms with E-state index in [2.05, 4.69) is 128 Å². The molecular formula is C98H97Br4ClF5N9O12S3-4. The van der Waals surface area contributed by atoms with E-state index in [1.165, 1.54) is 73.0 Å². The number of para-hydroxylation sites is 3. The molecule has 698 valence electrons. The number of H-pyrrole nitrogens is 2. The minimum atomic E-state index is -0.704. The summed E-state index contributed by atoms with van der Waals surface area (Å²) in [5.41, 5.74) is 7.44. The average Bonchev–Trinajstić information content (AvgIpc) is 1.20. The number of nitrogens with one attached hydrogen (secondary N) is 3. The summed E-state index contributed by atoms with van der Waals surface area (Å²) in [6, 6.07) is 80.1. The quantitative estimate of drug-likeness (QED) is 0.0334. The van der Waals surface area contributed by atoms with E-state index in [1.54, 1.807) is 62.1 Å². The van der Waals surface area contributed by atoms with Crippen LogP contribution in [0.3, 0.4) is 0 Å². The largest absolute Gasteiger partial charge is 1.00 e. The lowest BCUT2D eigenvalue weighted by atomic mass is 10.0. The molecule has 0 atom stereocenters. The molecule has 3 aliphatic rings. The molecule has 3 saturated heterocycles. The number of aromatic nitrogens is 3. The first-order valence-electron chi connectivity index (χ1n) is 41.3. The van der Waals surface area contributed by atoms with Crippen LogP contribution in [0.25, 0.3) is 32.7 Å². The first kappa shape index (κ1) is 109. The summed E-state index contributed by atoms with van der Waals surface area (Å²) in [7, 11) is 0. The number of rotatable bonds is 17. The molecule has 132 heavy (non-hydrogen) atoms. The number of amides is 3. The summed E-state index contributed by atoms with van der Waals surface area (Å²) < 4.78 is 30.3.